The van der Waals surface area contributed by atoms with Crippen LogP contribution in [0.1, 0.15) is 39.4 Å². The Hall–Kier alpha value is -3.10. The van der Waals surface area contributed by atoms with Crippen molar-refractivity contribution in [1.82, 2.24) is 30.8 Å². The van der Waals surface area contributed by atoms with Gasteiger partial charge in [0.15, 0.2) is 5.82 Å². The van der Waals surface area contributed by atoms with E-state index < -0.39 is 0 Å². The smallest absolute Gasteiger partial charge is 0.261 e. The molecule has 0 saturated carbocycles. The minimum atomic E-state index is -0.308. The molecule has 1 aromatic carbocycles. The first-order valence-electron chi connectivity index (χ1n) is 7.11. The van der Waals surface area contributed by atoms with Crippen LogP contribution in [0.5, 0.6) is 0 Å². The minimum absolute atomic E-state index is 0.183. The van der Waals surface area contributed by atoms with Gasteiger partial charge in [-0.3, -0.25) is 19.3 Å². The average Bonchev–Trinajstić information content (AvgIpc) is 3.16. The summed E-state index contributed by atoms with van der Waals surface area (Å²) in [5.41, 5.74) is 0.832. The molecule has 1 aliphatic heterocycles. The number of hydrogen-bond donors (Lipinski definition) is 2. The highest BCUT2D eigenvalue weighted by atomic mass is 16.2. The number of aromatic amines is 1. The highest BCUT2D eigenvalue weighted by Crippen LogP contribution is 2.22. The lowest BCUT2D eigenvalue weighted by molar-refractivity contribution is -0.121. The zero-order valence-corrected chi connectivity index (χ0v) is 12.2. The van der Waals surface area contributed by atoms with E-state index in [1.807, 2.05) is 0 Å². The number of H-pyrrole nitrogens is 1. The molecule has 3 amide bonds. The molecule has 2 N–H and O–H groups in total. The number of aromatic nitrogens is 4. The quantitative estimate of drug-likeness (QED) is 0.718. The van der Waals surface area contributed by atoms with Crippen molar-refractivity contribution in [3.63, 3.8) is 0 Å². The molecular weight excluding hydrogens is 300 g/mol. The second-order valence-electron chi connectivity index (χ2n) is 5.02. The fourth-order valence-corrected chi connectivity index (χ4v) is 2.36. The molecule has 2 heterocycles. The first-order chi connectivity index (χ1) is 11.2. The van der Waals surface area contributed by atoms with Crippen LogP contribution < -0.4 is 5.32 Å². The van der Waals surface area contributed by atoms with Crippen molar-refractivity contribution < 1.29 is 14.4 Å². The second kappa shape index (κ2) is 6.34. The highest BCUT2D eigenvalue weighted by Gasteiger charge is 2.34. The third kappa shape index (κ3) is 3.07. The SMILES string of the molecule is O=C(CCCN1C(=O)c2ccccc2C1=O)NCc1nn[nH]n1. The maximum Gasteiger partial charge on any atom is 0.261 e. The molecule has 118 valence electrons. The van der Waals surface area contributed by atoms with Crippen LogP contribution in [-0.4, -0.2) is 49.8 Å². The number of nitrogens with zero attached hydrogens (tertiary/aromatic N) is 4. The Bertz CT molecular complexity index is 708. The number of nitrogens with one attached hydrogen (secondary N) is 2. The lowest BCUT2D eigenvalue weighted by Crippen LogP contribution is -2.32. The number of hydrogen-bond acceptors (Lipinski definition) is 6. The van der Waals surface area contributed by atoms with Crippen molar-refractivity contribution in [2.24, 2.45) is 0 Å². The Balaban J connectivity index is 1.47. The Morgan fingerprint density at radius 1 is 1.17 bits per heavy atom. The Morgan fingerprint density at radius 2 is 1.87 bits per heavy atom. The molecular formula is C14H14N6O3. The predicted molar refractivity (Wildman–Crippen MR) is 77.1 cm³/mol. The van der Waals surface area contributed by atoms with Gasteiger partial charge in [0.2, 0.25) is 5.91 Å². The van der Waals surface area contributed by atoms with E-state index >= 15 is 0 Å². The maximum absolute atomic E-state index is 12.1. The number of carbonyl (C=O) groups is 3. The summed E-state index contributed by atoms with van der Waals surface area (Å²) in [6.45, 7) is 0.393. The number of amides is 3. The summed E-state index contributed by atoms with van der Waals surface area (Å²) in [5, 5.41) is 15.7. The molecule has 0 unspecified atom stereocenters. The molecule has 0 bridgehead atoms. The number of benzene rings is 1. The van der Waals surface area contributed by atoms with Gasteiger partial charge >= 0.3 is 0 Å². The Labute approximate surface area is 131 Å². The van der Waals surface area contributed by atoms with Gasteiger partial charge in [0, 0.05) is 13.0 Å². The van der Waals surface area contributed by atoms with Crippen LogP contribution in [0.15, 0.2) is 24.3 Å². The van der Waals surface area contributed by atoms with E-state index in [1.165, 1.54) is 4.90 Å². The van der Waals surface area contributed by atoms with Crippen LogP contribution in [0.2, 0.25) is 0 Å². The molecule has 0 aliphatic carbocycles. The molecule has 2 aromatic rings. The normalized spacial score (nSPS) is 13.3. The number of imide groups is 1. The van der Waals surface area contributed by atoms with Crippen LogP contribution in [0, 0.1) is 0 Å². The van der Waals surface area contributed by atoms with E-state index in [4.69, 9.17) is 0 Å². The van der Waals surface area contributed by atoms with Crippen molar-refractivity contribution in [3.05, 3.63) is 41.2 Å². The van der Waals surface area contributed by atoms with E-state index in [9.17, 15) is 14.4 Å². The van der Waals surface area contributed by atoms with Gasteiger partial charge in [-0.05, 0) is 18.6 Å². The zero-order chi connectivity index (χ0) is 16.2. The topological polar surface area (TPSA) is 121 Å². The van der Waals surface area contributed by atoms with E-state index in [0.29, 0.717) is 23.4 Å². The van der Waals surface area contributed by atoms with Gasteiger partial charge in [0.25, 0.3) is 11.8 Å². The largest absolute Gasteiger partial charge is 0.349 e. The monoisotopic (exact) mass is 314 g/mol. The summed E-state index contributed by atoms with van der Waals surface area (Å²) in [6, 6.07) is 6.71. The summed E-state index contributed by atoms with van der Waals surface area (Å²) >= 11 is 0. The number of fused-ring (bicyclic) bond motifs is 1. The molecule has 9 heteroatoms. The van der Waals surface area contributed by atoms with E-state index in [2.05, 4.69) is 25.9 Å². The highest BCUT2D eigenvalue weighted by molar-refractivity contribution is 6.21. The predicted octanol–water partition coefficient (Wildman–Crippen LogP) is -0.108. The standard InChI is InChI=1S/C14H14N6O3/c21-12(15-8-11-16-18-19-17-11)6-3-7-20-13(22)9-4-1-2-5-10(9)14(20)23/h1-2,4-5H,3,6-8H2,(H,15,21)(H,16,17,18,19). The van der Waals surface area contributed by atoms with E-state index in [0.717, 1.165) is 0 Å². The fourth-order valence-electron chi connectivity index (χ4n) is 2.36. The third-order valence-electron chi connectivity index (χ3n) is 3.50. The van der Waals surface area contributed by atoms with E-state index in [1.54, 1.807) is 24.3 Å². The number of rotatable bonds is 6. The molecule has 0 atom stereocenters. The molecule has 0 saturated heterocycles. The first kappa shape index (κ1) is 14.8. The summed E-state index contributed by atoms with van der Waals surface area (Å²) < 4.78 is 0. The van der Waals surface area contributed by atoms with Crippen molar-refractivity contribution in [2.45, 2.75) is 19.4 Å². The molecule has 9 nitrogen and oxygen atoms in total. The first-order valence-corrected chi connectivity index (χ1v) is 7.11. The summed E-state index contributed by atoms with van der Waals surface area (Å²) in [7, 11) is 0. The maximum atomic E-state index is 12.1. The Kier molecular flexibility index (Phi) is 4.09. The van der Waals surface area contributed by atoms with Crippen LogP contribution in [0.3, 0.4) is 0 Å². The molecule has 1 aromatic heterocycles. The van der Waals surface area contributed by atoms with Crippen molar-refractivity contribution in [3.8, 4) is 0 Å². The van der Waals surface area contributed by atoms with Gasteiger partial charge < -0.3 is 5.32 Å². The van der Waals surface area contributed by atoms with Gasteiger partial charge in [-0.25, -0.2) is 0 Å². The van der Waals surface area contributed by atoms with Gasteiger partial charge in [-0.1, -0.05) is 17.3 Å². The molecule has 0 spiro atoms. The lowest BCUT2D eigenvalue weighted by atomic mass is 10.1. The third-order valence-corrected chi connectivity index (χ3v) is 3.50. The zero-order valence-electron chi connectivity index (χ0n) is 12.2. The summed E-state index contributed by atoms with van der Waals surface area (Å²) in [5.74, 6) is -0.430. The Morgan fingerprint density at radius 3 is 2.48 bits per heavy atom. The van der Waals surface area contributed by atoms with Crippen LogP contribution in [-0.2, 0) is 11.3 Å². The van der Waals surface area contributed by atoms with Crippen molar-refractivity contribution in [2.75, 3.05) is 6.54 Å². The van der Waals surface area contributed by atoms with Gasteiger partial charge in [-0.2, -0.15) is 5.21 Å². The molecule has 0 fully saturated rings. The van der Waals surface area contributed by atoms with Gasteiger partial charge in [-0.15, -0.1) is 10.2 Å². The molecule has 0 radical (unpaired) electrons. The van der Waals surface area contributed by atoms with Crippen molar-refractivity contribution in [1.29, 1.82) is 0 Å². The fraction of sp³-hybridized carbons (Fsp3) is 0.286. The summed E-state index contributed by atoms with van der Waals surface area (Å²) in [6.07, 6.45) is 0.592. The molecule has 1 aliphatic rings. The van der Waals surface area contributed by atoms with Crippen LogP contribution in [0.4, 0.5) is 0 Å². The number of tetrazole rings is 1. The van der Waals surface area contributed by atoms with Crippen LogP contribution in [0.25, 0.3) is 0 Å². The van der Waals surface area contributed by atoms with Gasteiger partial charge in [0.1, 0.15) is 0 Å². The second-order valence-corrected chi connectivity index (χ2v) is 5.02. The van der Waals surface area contributed by atoms with Crippen LogP contribution >= 0.6 is 0 Å². The summed E-state index contributed by atoms with van der Waals surface area (Å²) in [4.78, 5) is 37.2. The van der Waals surface area contributed by atoms with E-state index in [-0.39, 0.29) is 37.2 Å². The lowest BCUT2D eigenvalue weighted by Gasteiger charge is -2.13. The average molecular weight is 314 g/mol. The molecule has 3 rings (SSSR count). The minimum Gasteiger partial charge on any atom is -0.349 e. The van der Waals surface area contributed by atoms with Crippen molar-refractivity contribution >= 4 is 17.7 Å². The number of carbonyl (C=O) groups excluding carboxylic acids is 3. The molecule has 23 heavy (non-hydrogen) atoms. The van der Waals surface area contributed by atoms with Gasteiger partial charge in [0.05, 0.1) is 17.7 Å².